The Labute approximate surface area is 152 Å². The van der Waals surface area contributed by atoms with Gasteiger partial charge in [0.25, 0.3) is 0 Å². The SMILES string of the molecule is Cc1ccc(OOCc2ccc(OC(=O)c3ccc(C)cc3)cc2)cc1. The van der Waals surface area contributed by atoms with Crippen molar-refractivity contribution in [2.45, 2.75) is 20.5 Å². The van der Waals surface area contributed by atoms with Crippen molar-refractivity contribution in [2.75, 3.05) is 0 Å². The average Bonchev–Trinajstić information content (AvgIpc) is 2.65. The monoisotopic (exact) mass is 348 g/mol. The largest absolute Gasteiger partial charge is 0.423 e. The summed E-state index contributed by atoms with van der Waals surface area (Å²) in [6, 6.07) is 22.0. The van der Waals surface area contributed by atoms with Crippen molar-refractivity contribution in [3.8, 4) is 11.5 Å². The lowest BCUT2D eigenvalue weighted by molar-refractivity contribution is -0.217. The van der Waals surface area contributed by atoms with Crippen LogP contribution in [0.25, 0.3) is 0 Å². The van der Waals surface area contributed by atoms with Crippen molar-refractivity contribution in [1.82, 2.24) is 0 Å². The van der Waals surface area contributed by atoms with Gasteiger partial charge in [0.15, 0.2) is 5.75 Å². The highest BCUT2D eigenvalue weighted by molar-refractivity contribution is 5.91. The summed E-state index contributed by atoms with van der Waals surface area (Å²) in [4.78, 5) is 22.6. The maximum atomic E-state index is 12.1. The van der Waals surface area contributed by atoms with Gasteiger partial charge in [0, 0.05) is 0 Å². The predicted molar refractivity (Wildman–Crippen MR) is 99.2 cm³/mol. The Balaban J connectivity index is 1.50. The molecule has 3 aromatic carbocycles. The minimum absolute atomic E-state index is 0.292. The van der Waals surface area contributed by atoms with E-state index in [4.69, 9.17) is 14.5 Å². The maximum Gasteiger partial charge on any atom is 0.343 e. The number of carbonyl (C=O) groups excluding carboxylic acids is 1. The molecule has 0 aliphatic rings. The van der Waals surface area contributed by atoms with Crippen molar-refractivity contribution in [3.05, 3.63) is 95.1 Å². The third kappa shape index (κ3) is 4.94. The van der Waals surface area contributed by atoms with E-state index in [9.17, 15) is 4.79 Å². The fourth-order valence-electron chi connectivity index (χ4n) is 2.27. The number of esters is 1. The van der Waals surface area contributed by atoms with Crippen LogP contribution >= 0.6 is 0 Å². The van der Waals surface area contributed by atoms with Crippen LogP contribution in [0, 0.1) is 13.8 Å². The summed E-state index contributed by atoms with van der Waals surface area (Å²) in [6.07, 6.45) is 0. The first-order valence-electron chi connectivity index (χ1n) is 8.34. The molecule has 4 heteroatoms. The summed E-state index contributed by atoms with van der Waals surface area (Å²) in [5.74, 6) is 0.759. The Kier molecular flexibility index (Phi) is 5.66. The molecule has 0 saturated heterocycles. The molecule has 0 bridgehead atoms. The van der Waals surface area contributed by atoms with Gasteiger partial charge >= 0.3 is 5.97 Å². The Hall–Kier alpha value is -3.11. The number of benzene rings is 3. The van der Waals surface area contributed by atoms with E-state index in [2.05, 4.69) is 0 Å². The minimum Gasteiger partial charge on any atom is -0.423 e. The summed E-state index contributed by atoms with van der Waals surface area (Å²) in [5.41, 5.74) is 3.69. The van der Waals surface area contributed by atoms with Crippen LogP contribution < -0.4 is 9.62 Å². The Bertz CT molecular complexity index is 850. The zero-order chi connectivity index (χ0) is 18.4. The molecule has 0 radical (unpaired) electrons. The van der Waals surface area contributed by atoms with Crippen LogP contribution in [0.1, 0.15) is 27.0 Å². The molecule has 0 atom stereocenters. The summed E-state index contributed by atoms with van der Waals surface area (Å²) in [6.45, 7) is 4.27. The van der Waals surface area contributed by atoms with Gasteiger partial charge in [-0.2, -0.15) is 4.89 Å². The van der Waals surface area contributed by atoms with Crippen molar-refractivity contribution in [2.24, 2.45) is 0 Å². The smallest absolute Gasteiger partial charge is 0.343 e. The van der Waals surface area contributed by atoms with Gasteiger partial charge in [-0.15, -0.1) is 0 Å². The first-order chi connectivity index (χ1) is 12.6. The minimum atomic E-state index is -0.378. The summed E-state index contributed by atoms with van der Waals surface area (Å²) < 4.78 is 5.37. The molecule has 0 amide bonds. The molecule has 4 nitrogen and oxygen atoms in total. The van der Waals surface area contributed by atoms with Gasteiger partial charge in [0.1, 0.15) is 12.4 Å². The van der Waals surface area contributed by atoms with Crippen molar-refractivity contribution >= 4 is 5.97 Å². The van der Waals surface area contributed by atoms with E-state index >= 15 is 0 Å². The van der Waals surface area contributed by atoms with Crippen LogP contribution in [0.5, 0.6) is 11.5 Å². The van der Waals surface area contributed by atoms with Crippen LogP contribution in [-0.2, 0) is 11.5 Å². The first kappa shape index (κ1) is 17.7. The zero-order valence-electron chi connectivity index (χ0n) is 14.8. The molecule has 3 aromatic rings. The number of hydrogen-bond donors (Lipinski definition) is 0. The van der Waals surface area contributed by atoms with Gasteiger partial charge in [-0.25, -0.2) is 4.79 Å². The Morgan fingerprint density at radius 3 is 1.88 bits per heavy atom. The molecule has 0 heterocycles. The molecule has 0 spiro atoms. The van der Waals surface area contributed by atoms with Gasteiger partial charge in [-0.1, -0.05) is 47.5 Å². The molecule has 0 saturated carbocycles. The van der Waals surface area contributed by atoms with E-state index in [-0.39, 0.29) is 5.97 Å². The zero-order valence-corrected chi connectivity index (χ0v) is 14.8. The Morgan fingerprint density at radius 1 is 0.731 bits per heavy atom. The first-order valence-corrected chi connectivity index (χ1v) is 8.34. The lowest BCUT2D eigenvalue weighted by Crippen LogP contribution is -2.08. The molecule has 26 heavy (non-hydrogen) atoms. The maximum absolute atomic E-state index is 12.1. The lowest BCUT2D eigenvalue weighted by Gasteiger charge is -2.07. The molecule has 0 aliphatic carbocycles. The van der Waals surface area contributed by atoms with Crippen LogP contribution in [0.4, 0.5) is 0 Å². The molecule has 3 rings (SSSR count). The quantitative estimate of drug-likeness (QED) is 0.271. The number of hydrogen-bond acceptors (Lipinski definition) is 4. The topological polar surface area (TPSA) is 44.8 Å². The number of aryl methyl sites for hydroxylation is 2. The summed E-state index contributed by atoms with van der Waals surface area (Å²) in [7, 11) is 0. The standard InChI is InChI=1S/C22H20O4/c1-16-3-9-19(10-4-16)22(23)25-20-13-7-18(8-14-20)15-24-26-21-11-5-17(2)6-12-21/h3-14H,15H2,1-2H3. The highest BCUT2D eigenvalue weighted by Gasteiger charge is 2.08. The molecule has 0 unspecified atom stereocenters. The summed E-state index contributed by atoms with van der Waals surface area (Å²) >= 11 is 0. The molecular weight excluding hydrogens is 328 g/mol. The predicted octanol–water partition coefficient (Wildman–Crippen LogP) is 5.03. The van der Waals surface area contributed by atoms with Crippen molar-refractivity contribution in [3.63, 3.8) is 0 Å². The van der Waals surface area contributed by atoms with Crippen LogP contribution in [0.3, 0.4) is 0 Å². The number of rotatable bonds is 6. The fraction of sp³-hybridized carbons (Fsp3) is 0.136. The molecule has 0 aromatic heterocycles. The van der Waals surface area contributed by atoms with Crippen LogP contribution in [0.2, 0.25) is 0 Å². The van der Waals surface area contributed by atoms with Gasteiger partial charge in [-0.3, -0.25) is 0 Å². The molecule has 0 fully saturated rings. The van der Waals surface area contributed by atoms with Crippen LogP contribution in [0.15, 0.2) is 72.8 Å². The third-order valence-corrected chi connectivity index (χ3v) is 3.82. The van der Waals surface area contributed by atoms with Crippen molar-refractivity contribution < 1.29 is 19.3 Å². The molecule has 0 aliphatic heterocycles. The fourth-order valence-corrected chi connectivity index (χ4v) is 2.27. The van der Waals surface area contributed by atoms with E-state index < -0.39 is 0 Å². The van der Waals surface area contributed by atoms with E-state index in [1.807, 2.05) is 62.4 Å². The third-order valence-electron chi connectivity index (χ3n) is 3.82. The van der Waals surface area contributed by atoms with E-state index in [0.717, 1.165) is 16.7 Å². The number of carbonyl (C=O) groups is 1. The van der Waals surface area contributed by atoms with Crippen LogP contribution in [-0.4, -0.2) is 5.97 Å². The molecule has 0 N–H and O–H groups in total. The molecule has 132 valence electrons. The Morgan fingerprint density at radius 2 is 1.27 bits per heavy atom. The van der Waals surface area contributed by atoms with E-state index in [1.54, 1.807) is 24.3 Å². The molecular formula is C22H20O4. The second-order valence-corrected chi connectivity index (χ2v) is 6.06. The average molecular weight is 348 g/mol. The second-order valence-electron chi connectivity index (χ2n) is 6.06. The van der Waals surface area contributed by atoms with E-state index in [1.165, 1.54) is 0 Å². The van der Waals surface area contributed by atoms with E-state index in [0.29, 0.717) is 23.7 Å². The highest BCUT2D eigenvalue weighted by Crippen LogP contribution is 2.16. The lowest BCUT2D eigenvalue weighted by atomic mass is 10.1. The second kappa shape index (κ2) is 8.32. The summed E-state index contributed by atoms with van der Waals surface area (Å²) in [5, 5.41) is 0. The van der Waals surface area contributed by atoms with Crippen molar-refractivity contribution in [1.29, 1.82) is 0 Å². The van der Waals surface area contributed by atoms with Gasteiger partial charge in [0.05, 0.1) is 5.56 Å². The van der Waals surface area contributed by atoms with Gasteiger partial charge in [-0.05, 0) is 55.8 Å². The van der Waals surface area contributed by atoms with Gasteiger partial charge < -0.3 is 9.62 Å². The normalized spacial score (nSPS) is 10.4. The van der Waals surface area contributed by atoms with Gasteiger partial charge in [0.2, 0.25) is 0 Å². The highest BCUT2D eigenvalue weighted by atomic mass is 17.2. The number of ether oxygens (including phenoxy) is 1.